The van der Waals surface area contributed by atoms with Crippen LogP contribution >= 0.6 is 0 Å². The van der Waals surface area contributed by atoms with Crippen molar-refractivity contribution < 1.29 is 13.6 Å². The molecular weight excluding hydrogens is 236 g/mol. The summed E-state index contributed by atoms with van der Waals surface area (Å²) < 4.78 is 26.1. The molecule has 1 atom stereocenters. The van der Waals surface area contributed by atoms with Gasteiger partial charge in [0, 0.05) is 18.5 Å². The van der Waals surface area contributed by atoms with Crippen LogP contribution in [-0.4, -0.2) is 24.3 Å². The number of carbonyl (C=O) groups excluding carboxylic acids is 1. The molecule has 0 aliphatic carbocycles. The lowest BCUT2D eigenvalue weighted by molar-refractivity contribution is -0.118. The monoisotopic (exact) mass is 255 g/mol. The number of Topliss-reactive ketones (excluding diaryl/α,β-unsaturated/α-hetero) is 1. The van der Waals surface area contributed by atoms with Gasteiger partial charge in [-0.2, -0.15) is 0 Å². The molecule has 0 aliphatic heterocycles. The van der Waals surface area contributed by atoms with Gasteiger partial charge in [0.25, 0.3) is 5.92 Å². The molecule has 0 fully saturated rings. The average molecular weight is 255 g/mol. The number of halogens is 2. The number of ketones is 1. The Kier molecular flexibility index (Phi) is 4.57. The lowest BCUT2D eigenvalue weighted by Gasteiger charge is -2.24. The van der Waals surface area contributed by atoms with Crippen molar-refractivity contribution in [3.05, 3.63) is 35.4 Å². The molecule has 1 aromatic rings. The molecule has 0 spiro atoms. The van der Waals surface area contributed by atoms with Crippen LogP contribution in [0.3, 0.4) is 0 Å². The number of nitrogens with zero attached hydrogens (tertiary/aromatic N) is 1. The molecule has 4 heteroatoms. The third-order valence-corrected chi connectivity index (χ3v) is 3.03. The summed E-state index contributed by atoms with van der Waals surface area (Å²) in [6.07, 6.45) is 0. The molecule has 1 aromatic carbocycles. The molecule has 0 amide bonds. The second kappa shape index (κ2) is 5.57. The van der Waals surface area contributed by atoms with Crippen molar-refractivity contribution in [2.45, 2.75) is 32.7 Å². The van der Waals surface area contributed by atoms with E-state index >= 15 is 0 Å². The fourth-order valence-corrected chi connectivity index (χ4v) is 1.80. The summed E-state index contributed by atoms with van der Waals surface area (Å²) in [5, 5.41) is 0. The van der Waals surface area contributed by atoms with Crippen molar-refractivity contribution in [1.29, 1.82) is 0 Å². The number of hydrogen-bond acceptors (Lipinski definition) is 2. The zero-order chi connectivity index (χ0) is 13.9. The smallest absolute Gasteiger partial charge is 0.270 e. The van der Waals surface area contributed by atoms with E-state index in [-0.39, 0.29) is 17.4 Å². The van der Waals surface area contributed by atoms with Crippen LogP contribution in [0.25, 0.3) is 0 Å². The minimum absolute atomic E-state index is 0.00710. The fourth-order valence-electron chi connectivity index (χ4n) is 1.80. The highest BCUT2D eigenvalue weighted by Crippen LogP contribution is 2.28. The van der Waals surface area contributed by atoms with Gasteiger partial charge in [-0.15, -0.1) is 0 Å². The Morgan fingerprint density at radius 3 is 2.22 bits per heavy atom. The van der Waals surface area contributed by atoms with Crippen LogP contribution in [0.4, 0.5) is 8.78 Å². The first-order valence-electron chi connectivity index (χ1n) is 5.89. The number of rotatable bonds is 5. The van der Waals surface area contributed by atoms with Crippen LogP contribution in [0.2, 0.25) is 0 Å². The van der Waals surface area contributed by atoms with E-state index in [0.717, 1.165) is 12.5 Å². The molecular formula is C14H19F2NO. The number of likely N-dealkylation sites (N-methyl/N-ethyl adjacent to an activating group) is 1. The first kappa shape index (κ1) is 14.8. The fraction of sp³-hybridized carbons (Fsp3) is 0.500. The van der Waals surface area contributed by atoms with Crippen molar-refractivity contribution in [2.24, 2.45) is 0 Å². The topological polar surface area (TPSA) is 20.3 Å². The Morgan fingerprint density at radius 2 is 1.83 bits per heavy atom. The quantitative estimate of drug-likeness (QED) is 0.804. The lowest BCUT2D eigenvalue weighted by Crippen LogP contribution is -2.27. The standard InChI is InChI=1S/C14H19F2NO/c1-10(18)9-17(4)11(2)12-5-7-13(8-6-12)14(3,15)16/h5-8,11H,9H2,1-4H3. The molecule has 1 unspecified atom stereocenters. The third kappa shape index (κ3) is 3.88. The van der Waals surface area contributed by atoms with E-state index in [1.54, 1.807) is 12.1 Å². The maximum absolute atomic E-state index is 13.1. The summed E-state index contributed by atoms with van der Waals surface area (Å²) in [5.41, 5.74) is 0.930. The highest BCUT2D eigenvalue weighted by atomic mass is 19.3. The van der Waals surface area contributed by atoms with Crippen LogP contribution < -0.4 is 0 Å². The second-order valence-corrected chi connectivity index (χ2v) is 4.80. The van der Waals surface area contributed by atoms with Gasteiger partial charge in [0.1, 0.15) is 5.78 Å². The summed E-state index contributed by atoms with van der Waals surface area (Å²) in [6, 6.07) is 6.27. The van der Waals surface area contributed by atoms with E-state index in [1.807, 2.05) is 18.9 Å². The summed E-state index contributed by atoms with van der Waals surface area (Å²) >= 11 is 0. The molecule has 2 nitrogen and oxygen atoms in total. The minimum atomic E-state index is -2.81. The van der Waals surface area contributed by atoms with Crippen LogP contribution in [0.15, 0.2) is 24.3 Å². The molecule has 18 heavy (non-hydrogen) atoms. The highest BCUT2D eigenvalue weighted by molar-refractivity contribution is 5.77. The first-order valence-corrected chi connectivity index (χ1v) is 5.89. The summed E-state index contributed by atoms with van der Waals surface area (Å²) in [7, 11) is 1.84. The van der Waals surface area contributed by atoms with E-state index in [1.165, 1.54) is 19.1 Å². The van der Waals surface area contributed by atoms with Gasteiger partial charge in [0.2, 0.25) is 0 Å². The number of benzene rings is 1. The van der Waals surface area contributed by atoms with Gasteiger partial charge in [-0.05, 0) is 26.5 Å². The molecule has 0 radical (unpaired) electrons. The maximum Gasteiger partial charge on any atom is 0.270 e. The van der Waals surface area contributed by atoms with E-state index in [9.17, 15) is 13.6 Å². The van der Waals surface area contributed by atoms with Gasteiger partial charge in [0.05, 0.1) is 6.54 Å². The zero-order valence-corrected chi connectivity index (χ0v) is 11.2. The minimum Gasteiger partial charge on any atom is -0.299 e. The lowest BCUT2D eigenvalue weighted by atomic mass is 10.0. The average Bonchev–Trinajstić information content (AvgIpc) is 2.26. The Balaban J connectivity index is 2.82. The van der Waals surface area contributed by atoms with Crippen molar-refractivity contribution in [3.63, 3.8) is 0 Å². The highest BCUT2D eigenvalue weighted by Gasteiger charge is 2.24. The third-order valence-electron chi connectivity index (χ3n) is 3.03. The van der Waals surface area contributed by atoms with Crippen LogP contribution in [0, 0.1) is 0 Å². The molecule has 0 aliphatic rings. The van der Waals surface area contributed by atoms with E-state index in [4.69, 9.17) is 0 Å². The Bertz CT molecular complexity index is 409. The van der Waals surface area contributed by atoms with Gasteiger partial charge in [-0.25, -0.2) is 8.78 Å². The normalized spacial score (nSPS) is 13.7. The van der Waals surface area contributed by atoms with Crippen LogP contribution in [0.1, 0.15) is 37.9 Å². The molecule has 0 saturated heterocycles. The van der Waals surface area contributed by atoms with Crippen LogP contribution in [-0.2, 0) is 10.7 Å². The van der Waals surface area contributed by atoms with E-state index in [0.29, 0.717) is 6.54 Å². The largest absolute Gasteiger partial charge is 0.299 e. The predicted molar refractivity (Wildman–Crippen MR) is 67.7 cm³/mol. The van der Waals surface area contributed by atoms with Gasteiger partial charge in [-0.1, -0.05) is 24.3 Å². The molecule has 1 rings (SSSR count). The van der Waals surface area contributed by atoms with E-state index < -0.39 is 5.92 Å². The summed E-state index contributed by atoms with van der Waals surface area (Å²) in [4.78, 5) is 12.9. The predicted octanol–water partition coefficient (Wildman–Crippen LogP) is 3.38. The summed E-state index contributed by atoms with van der Waals surface area (Å²) in [6.45, 7) is 4.71. The second-order valence-electron chi connectivity index (χ2n) is 4.80. The van der Waals surface area contributed by atoms with Gasteiger partial charge >= 0.3 is 0 Å². The molecule has 0 aromatic heterocycles. The van der Waals surface area contributed by atoms with Crippen LogP contribution in [0.5, 0.6) is 0 Å². The molecule has 0 saturated carbocycles. The van der Waals surface area contributed by atoms with Gasteiger partial charge < -0.3 is 0 Å². The number of hydrogen-bond donors (Lipinski definition) is 0. The van der Waals surface area contributed by atoms with E-state index in [2.05, 4.69) is 0 Å². The first-order chi connectivity index (χ1) is 8.21. The van der Waals surface area contributed by atoms with Crippen molar-refractivity contribution in [3.8, 4) is 0 Å². The number of alkyl halides is 2. The van der Waals surface area contributed by atoms with Gasteiger partial charge in [-0.3, -0.25) is 9.69 Å². The molecule has 0 N–H and O–H groups in total. The summed E-state index contributed by atoms with van der Waals surface area (Å²) in [5.74, 6) is -2.73. The SMILES string of the molecule is CC(=O)CN(C)C(C)c1ccc(C(C)(F)F)cc1. The molecule has 0 heterocycles. The zero-order valence-electron chi connectivity index (χ0n) is 11.2. The Labute approximate surface area is 107 Å². The Morgan fingerprint density at radius 1 is 1.33 bits per heavy atom. The van der Waals surface area contributed by atoms with Crippen molar-refractivity contribution >= 4 is 5.78 Å². The molecule has 100 valence electrons. The number of carbonyl (C=O) groups is 1. The maximum atomic E-state index is 13.1. The Hall–Kier alpha value is -1.29. The van der Waals surface area contributed by atoms with Crippen molar-refractivity contribution in [1.82, 2.24) is 4.90 Å². The van der Waals surface area contributed by atoms with Gasteiger partial charge in [0.15, 0.2) is 0 Å². The van der Waals surface area contributed by atoms with Crippen molar-refractivity contribution in [2.75, 3.05) is 13.6 Å². The molecule has 0 bridgehead atoms.